The SMILES string of the molecule is CC(C)(C)n1nnnc1C(Nc1ccc(C(NCCSC2=CC(=O)C=CC2=O)c2nnn[nH]2)cc1)c1ccccc1. The minimum atomic E-state index is -0.310. The Bertz CT molecular complexity index is 1540. The Morgan fingerprint density at radius 1 is 0.927 bits per heavy atom. The molecule has 12 nitrogen and oxygen atoms in total. The third-order valence-electron chi connectivity index (χ3n) is 6.33. The van der Waals surface area contributed by atoms with E-state index < -0.39 is 0 Å². The summed E-state index contributed by atoms with van der Waals surface area (Å²) in [7, 11) is 0. The molecule has 41 heavy (non-hydrogen) atoms. The van der Waals surface area contributed by atoms with E-state index in [0.29, 0.717) is 28.9 Å². The molecule has 0 spiro atoms. The number of anilines is 1. The first kappa shape index (κ1) is 28.1. The summed E-state index contributed by atoms with van der Waals surface area (Å²) in [6, 6.07) is 17.5. The zero-order chi connectivity index (χ0) is 28.8. The highest BCUT2D eigenvalue weighted by Gasteiger charge is 2.27. The first-order chi connectivity index (χ1) is 19.8. The number of H-pyrrole nitrogens is 1. The predicted molar refractivity (Wildman–Crippen MR) is 155 cm³/mol. The lowest BCUT2D eigenvalue weighted by molar-refractivity contribution is -0.114. The van der Waals surface area contributed by atoms with Crippen molar-refractivity contribution >= 4 is 29.0 Å². The molecule has 1 aliphatic rings. The number of aromatic nitrogens is 8. The minimum Gasteiger partial charge on any atom is -0.371 e. The number of nitrogens with zero attached hydrogens (tertiary/aromatic N) is 7. The third-order valence-corrected chi connectivity index (χ3v) is 7.37. The van der Waals surface area contributed by atoms with Crippen molar-refractivity contribution in [3.63, 3.8) is 0 Å². The van der Waals surface area contributed by atoms with Crippen LogP contribution in [0.2, 0.25) is 0 Å². The van der Waals surface area contributed by atoms with Crippen LogP contribution in [-0.2, 0) is 15.1 Å². The van der Waals surface area contributed by atoms with Crippen molar-refractivity contribution in [1.29, 1.82) is 0 Å². The Morgan fingerprint density at radius 2 is 1.68 bits per heavy atom. The number of carbonyl (C=O) groups is 2. The zero-order valence-electron chi connectivity index (χ0n) is 22.9. The van der Waals surface area contributed by atoms with E-state index in [4.69, 9.17) is 0 Å². The highest BCUT2D eigenvalue weighted by Crippen LogP contribution is 2.29. The van der Waals surface area contributed by atoms with Gasteiger partial charge in [-0.1, -0.05) is 42.5 Å². The molecule has 2 atom stereocenters. The minimum absolute atomic E-state index is 0.154. The van der Waals surface area contributed by atoms with E-state index in [-0.39, 0.29) is 29.2 Å². The Kier molecular flexibility index (Phi) is 8.45. The van der Waals surface area contributed by atoms with Gasteiger partial charge < -0.3 is 10.6 Å². The first-order valence-electron chi connectivity index (χ1n) is 13.1. The summed E-state index contributed by atoms with van der Waals surface area (Å²) in [6.45, 7) is 6.74. The molecule has 3 N–H and O–H groups in total. The van der Waals surface area contributed by atoms with Crippen molar-refractivity contribution < 1.29 is 9.59 Å². The van der Waals surface area contributed by atoms with Crippen LogP contribution < -0.4 is 10.6 Å². The fourth-order valence-corrected chi connectivity index (χ4v) is 5.21. The van der Waals surface area contributed by atoms with E-state index in [0.717, 1.165) is 16.8 Å². The number of rotatable bonds is 11. The standard InChI is InChI=1S/C28H30N10O2S/c1-28(2,3)38-27(33-36-37-38)25(18-7-5-4-6-8-18)30-20-11-9-19(10-12-20)24(26-31-34-35-32-26)29-15-16-41-23-17-21(39)13-14-22(23)40/h4-14,17,24-25,29-30H,15-16H2,1-3H3,(H,31,32,34,35). The summed E-state index contributed by atoms with van der Waals surface area (Å²) in [5, 5.41) is 34.1. The highest BCUT2D eigenvalue weighted by atomic mass is 32.2. The van der Waals surface area contributed by atoms with Crippen LogP contribution in [0, 0.1) is 0 Å². The van der Waals surface area contributed by atoms with Gasteiger partial charge in [0.2, 0.25) is 0 Å². The van der Waals surface area contributed by atoms with Crippen LogP contribution in [0.5, 0.6) is 0 Å². The third kappa shape index (κ3) is 6.81. The van der Waals surface area contributed by atoms with Crippen molar-refractivity contribution in [2.24, 2.45) is 0 Å². The molecular formula is C28H30N10O2S. The van der Waals surface area contributed by atoms with E-state index in [1.807, 2.05) is 59.3 Å². The van der Waals surface area contributed by atoms with Gasteiger partial charge in [0.1, 0.15) is 6.04 Å². The molecule has 0 radical (unpaired) electrons. The van der Waals surface area contributed by atoms with Crippen molar-refractivity contribution in [2.45, 2.75) is 38.4 Å². The number of nitrogens with one attached hydrogen (secondary N) is 3. The second-order valence-electron chi connectivity index (χ2n) is 10.4. The van der Waals surface area contributed by atoms with Crippen molar-refractivity contribution in [2.75, 3.05) is 17.6 Å². The second kappa shape index (κ2) is 12.4. The van der Waals surface area contributed by atoms with Gasteiger partial charge in [0.05, 0.1) is 16.5 Å². The molecule has 0 aliphatic heterocycles. The van der Waals surface area contributed by atoms with E-state index in [1.54, 1.807) is 0 Å². The maximum atomic E-state index is 12.0. The fraction of sp³-hybridized carbons (Fsp3) is 0.286. The van der Waals surface area contributed by atoms with Gasteiger partial charge in [-0.05, 0) is 77.0 Å². The summed E-state index contributed by atoms with van der Waals surface area (Å²) in [6.07, 6.45) is 3.96. The van der Waals surface area contributed by atoms with Gasteiger partial charge in [-0.3, -0.25) is 9.59 Å². The average molecular weight is 571 g/mol. The van der Waals surface area contributed by atoms with Gasteiger partial charge in [-0.15, -0.1) is 22.0 Å². The normalized spacial score (nSPS) is 15.0. The van der Waals surface area contributed by atoms with Crippen molar-refractivity contribution in [3.05, 3.63) is 101 Å². The number of aromatic amines is 1. The second-order valence-corrected chi connectivity index (χ2v) is 11.5. The lowest BCUT2D eigenvalue weighted by Crippen LogP contribution is -2.29. The zero-order valence-corrected chi connectivity index (χ0v) is 23.7. The van der Waals surface area contributed by atoms with Gasteiger partial charge >= 0.3 is 0 Å². The summed E-state index contributed by atoms with van der Waals surface area (Å²) in [5.41, 5.74) is 2.56. The van der Waals surface area contributed by atoms with Crippen LogP contribution in [0.3, 0.4) is 0 Å². The van der Waals surface area contributed by atoms with E-state index in [1.165, 1.54) is 30.0 Å². The van der Waals surface area contributed by atoms with Crippen molar-refractivity contribution in [1.82, 2.24) is 46.1 Å². The molecule has 0 saturated heterocycles. The molecule has 5 rings (SSSR count). The quantitative estimate of drug-likeness (QED) is 0.180. The Labute approximate surface area is 241 Å². The molecule has 2 unspecified atom stereocenters. The van der Waals surface area contributed by atoms with Gasteiger partial charge in [0, 0.05) is 24.1 Å². The van der Waals surface area contributed by atoms with Gasteiger partial charge in [0.15, 0.2) is 23.2 Å². The van der Waals surface area contributed by atoms with E-state index in [9.17, 15) is 9.59 Å². The van der Waals surface area contributed by atoms with Gasteiger partial charge in [-0.2, -0.15) is 0 Å². The van der Waals surface area contributed by atoms with E-state index >= 15 is 0 Å². The molecule has 0 amide bonds. The molecule has 210 valence electrons. The van der Waals surface area contributed by atoms with E-state index in [2.05, 4.69) is 67.6 Å². The Hall–Kier alpha value is -4.49. The molecular weight excluding hydrogens is 540 g/mol. The summed E-state index contributed by atoms with van der Waals surface area (Å²) >= 11 is 1.34. The molecule has 13 heteroatoms. The number of hydrogen-bond acceptors (Lipinski definition) is 11. The maximum Gasteiger partial charge on any atom is 0.192 e. The predicted octanol–water partition coefficient (Wildman–Crippen LogP) is 3.15. The lowest BCUT2D eigenvalue weighted by atomic mass is 10.0. The molecule has 4 aromatic rings. The number of carbonyl (C=O) groups excluding carboxylic acids is 2. The van der Waals surface area contributed by atoms with Gasteiger partial charge in [0.25, 0.3) is 0 Å². The van der Waals surface area contributed by atoms with Crippen LogP contribution in [0.1, 0.15) is 55.6 Å². The van der Waals surface area contributed by atoms with Crippen LogP contribution in [0.15, 0.2) is 77.7 Å². The van der Waals surface area contributed by atoms with Crippen LogP contribution >= 0.6 is 11.8 Å². The monoisotopic (exact) mass is 570 g/mol. The number of hydrogen-bond donors (Lipinski definition) is 3. The molecule has 0 saturated carbocycles. The first-order valence-corrected chi connectivity index (χ1v) is 14.1. The highest BCUT2D eigenvalue weighted by molar-refractivity contribution is 8.04. The number of benzene rings is 2. The topological polar surface area (TPSA) is 156 Å². The molecule has 0 fully saturated rings. The Morgan fingerprint density at radius 3 is 2.39 bits per heavy atom. The maximum absolute atomic E-state index is 12.0. The number of allylic oxidation sites excluding steroid dienone is 4. The smallest absolute Gasteiger partial charge is 0.192 e. The average Bonchev–Trinajstić information content (AvgIpc) is 3.68. The summed E-state index contributed by atoms with van der Waals surface area (Å²) in [4.78, 5) is 24.1. The van der Waals surface area contributed by atoms with Crippen LogP contribution in [0.25, 0.3) is 0 Å². The van der Waals surface area contributed by atoms with Gasteiger partial charge in [-0.25, -0.2) is 9.78 Å². The molecule has 1 aliphatic carbocycles. The van der Waals surface area contributed by atoms with Crippen LogP contribution in [0.4, 0.5) is 5.69 Å². The summed E-state index contributed by atoms with van der Waals surface area (Å²) < 4.78 is 1.84. The molecule has 0 bridgehead atoms. The fourth-order valence-electron chi connectivity index (χ4n) is 4.36. The largest absolute Gasteiger partial charge is 0.371 e. The number of tetrazole rings is 2. The molecule has 2 aromatic carbocycles. The van der Waals surface area contributed by atoms with Crippen molar-refractivity contribution in [3.8, 4) is 0 Å². The molecule has 2 aromatic heterocycles. The Balaban J connectivity index is 1.32. The summed E-state index contributed by atoms with van der Waals surface area (Å²) in [5.74, 6) is 1.52. The lowest BCUT2D eigenvalue weighted by Gasteiger charge is -2.25. The number of thioether (sulfide) groups is 1. The molecule has 2 heterocycles. The van der Waals surface area contributed by atoms with Crippen LogP contribution in [-0.4, -0.2) is 64.7 Å². The number of ketones is 2.